The molecule has 3 aliphatic heterocycles. The van der Waals surface area contributed by atoms with Gasteiger partial charge in [-0.15, -0.1) is 0 Å². The molecular weight excluding hydrogens is 650 g/mol. The van der Waals surface area contributed by atoms with Crippen molar-refractivity contribution in [1.82, 2.24) is 14.7 Å². The summed E-state index contributed by atoms with van der Waals surface area (Å²) in [6.07, 6.45) is 15.4. The number of cyclic esters (lactones) is 1. The summed E-state index contributed by atoms with van der Waals surface area (Å²) in [5.74, 6) is -0.897. The van der Waals surface area contributed by atoms with Crippen LogP contribution in [0.4, 0.5) is 9.59 Å². The van der Waals surface area contributed by atoms with Crippen molar-refractivity contribution in [1.29, 1.82) is 0 Å². The Labute approximate surface area is 306 Å². The highest BCUT2D eigenvalue weighted by Gasteiger charge is 2.38. The maximum absolute atomic E-state index is 13.5. The number of aliphatic hydroxyl groups excluding tert-OH is 1. The van der Waals surface area contributed by atoms with Crippen LogP contribution < -0.4 is 0 Å². The van der Waals surface area contributed by atoms with E-state index in [0.717, 1.165) is 31.5 Å². The zero-order valence-electron chi connectivity index (χ0n) is 32.1. The van der Waals surface area contributed by atoms with Gasteiger partial charge in [-0.1, -0.05) is 63.8 Å². The lowest BCUT2D eigenvalue weighted by molar-refractivity contribution is -0.151. The summed E-state index contributed by atoms with van der Waals surface area (Å²) in [6.45, 7) is 15.2. The maximum atomic E-state index is 13.5. The summed E-state index contributed by atoms with van der Waals surface area (Å²) >= 11 is 0. The number of allylic oxidation sites excluding steroid dienone is 2. The standard InChI is InChI=1S/C40H65N3O8/c1-29(28-49-38(47)43-22-12-20-39(43,4)5)13-11-14-30(2)36-31(3)17-18-34(40(6,48)21-19-33(44)27-35(45)51-36)50-37(46)42-25-23-41(24-26-42)32-15-9-7-8-10-16-32/h11,13-14,17-18,29,31-34,36,44,48H,7-10,12,15-16,19-28H2,1-6H3/b13-11+,18-17-,30-14+/t29-,31+,33-,34+,36-,40-/m1/s1. The summed E-state index contributed by atoms with van der Waals surface area (Å²) in [7, 11) is 0. The Morgan fingerprint density at radius 3 is 2.31 bits per heavy atom. The van der Waals surface area contributed by atoms with Crippen LogP contribution >= 0.6 is 0 Å². The van der Waals surface area contributed by atoms with Crippen LogP contribution in [0.15, 0.2) is 36.0 Å². The molecule has 1 saturated carbocycles. The highest BCUT2D eigenvalue weighted by atomic mass is 16.6. The molecule has 0 bridgehead atoms. The number of ether oxygens (including phenoxy) is 3. The molecule has 6 atom stereocenters. The summed E-state index contributed by atoms with van der Waals surface area (Å²) in [5.41, 5.74) is -0.882. The van der Waals surface area contributed by atoms with E-state index in [-0.39, 0.29) is 49.3 Å². The van der Waals surface area contributed by atoms with E-state index in [2.05, 4.69) is 18.7 Å². The van der Waals surface area contributed by atoms with Crippen molar-refractivity contribution in [3.05, 3.63) is 36.0 Å². The molecule has 0 aromatic carbocycles. The van der Waals surface area contributed by atoms with Crippen molar-refractivity contribution in [3.8, 4) is 0 Å². The van der Waals surface area contributed by atoms with E-state index in [1.165, 1.54) is 38.5 Å². The lowest BCUT2D eigenvalue weighted by Gasteiger charge is -2.40. The monoisotopic (exact) mass is 715 g/mol. The largest absolute Gasteiger partial charge is 0.457 e. The Hall–Kier alpha value is -2.89. The molecule has 0 aromatic heterocycles. The van der Waals surface area contributed by atoms with Crippen molar-refractivity contribution in [3.63, 3.8) is 0 Å². The Balaban J connectivity index is 1.39. The smallest absolute Gasteiger partial charge is 0.410 e. The fraction of sp³-hybridized carbons (Fsp3) is 0.775. The van der Waals surface area contributed by atoms with Crippen LogP contribution in [-0.2, 0) is 19.0 Å². The molecule has 3 heterocycles. The second-order valence-corrected chi connectivity index (χ2v) is 16.3. The predicted molar refractivity (Wildman–Crippen MR) is 197 cm³/mol. The normalized spacial score (nSPS) is 32.0. The van der Waals surface area contributed by atoms with Crippen LogP contribution in [0.3, 0.4) is 0 Å². The quantitative estimate of drug-likeness (QED) is 0.101. The molecule has 4 aliphatic rings. The molecular formula is C40H65N3O8. The minimum Gasteiger partial charge on any atom is -0.457 e. The highest BCUT2D eigenvalue weighted by molar-refractivity contribution is 5.71. The van der Waals surface area contributed by atoms with Crippen LogP contribution in [-0.4, -0.2) is 118 Å². The van der Waals surface area contributed by atoms with Gasteiger partial charge in [-0.2, -0.15) is 0 Å². The van der Waals surface area contributed by atoms with E-state index in [1.54, 1.807) is 22.8 Å². The Morgan fingerprint density at radius 1 is 0.980 bits per heavy atom. The van der Waals surface area contributed by atoms with E-state index in [0.29, 0.717) is 25.7 Å². The average molecular weight is 716 g/mol. The topological polar surface area (TPSA) is 129 Å². The van der Waals surface area contributed by atoms with Crippen LogP contribution in [0.1, 0.15) is 112 Å². The lowest BCUT2D eigenvalue weighted by atomic mass is 9.89. The molecule has 0 aromatic rings. The minimum atomic E-state index is -1.47. The molecule has 0 unspecified atom stereocenters. The number of piperazine rings is 1. The van der Waals surface area contributed by atoms with Gasteiger partial charge in [0, 0.05) is 56.1 Å². The number of amides is 2. The third-order valence-electron chi connectivity index (χ3n) is 11.3. The van der Waals surface area contributed by atoms with E-state index in [4.69, 9.17) is 14.2 Å². The highest BCUT2D eigenvalue weighted by Crippen LogP contribution is 2.30. The van der Waals surface area contributed by atoms with Gasteiger partial charge in [0.05, 0.1) is 19.1 Å². The van der Waals surface area contributed by atoms with E-state index in [1.807, 2.05) is 45.1 Å². The Morgan fingerprint density at radius 2 is 1.67 bits per heavy atom. The molecule has 4 rings (SSSR count). The Kier molecular flexibility index (Phi) is 15.0. The van der Waals surface area contributed by atoms with Crippen molar-refractivity contribution >= 4 is 18.2 Å². The minimum absolute atomic E-state index is 0.0347. The summed E-state index contributed by atoms with van der Waals surface area (Å²) in [4.78, 5) is 45.0. The second-order valence-electron chi connectivity index (χ2n) is 16.3. The Bertz CT molecular complexity index is 1250. The summed E-state index contributed by atoms with van der Waals surface area (Å²) < 4.78 is 17.5. The van der Waals surface area contributed by atoms with E-state index < -0.39 is 36.0 Å². The van der Waals surface area contributed by atoms with E-state index >= 15 is 0 Å². The molecule has 1 aliphatic carbocycles. The van der Waals surface area contributed by atoms with Gasteiger partial charge >= 0.3 is 18.2 Å². The first-order valence-corrected chi connectivity index (χ1v) is 19.4. The first-order valence-electron chi connectivity index (χ1n) is 19.4. The predicted octanol–water partition coefficient (Wildman–Crippen LogP) is 6.38. The van der Waals surface area contributed by atoms with Crippen LogP contribution in [0.25, 0.3) is 0 Å². The van der Waals surface area contributed by atoms with Crippen LogP contribution in [0.2, 0.25) is 0 Å². The summed E-state index contributed by atoms with van der Waals surface area (Å²) in [5, 5.41) is 22.2. The number of hydrogen-bond acceptors (Lipinski definition) is 9. The van der Waals surface area contributed by atoms with Gasteiger partial charge in [0.25, 0.3) is 0 Å². The van der Waals surface area contributed by atoms with Gasteiger partial charge in [0.2, 0.25) is 0 Å². The van der Waals surface area contributed by atoms with Crippen LogP contribution in [0, 0.1) is 11.8 Å². The first-order chi connectivity index (χ1) is 24.2. The van der Waals surface area contributed by atoms with E-state index in [9.17, 15) is 24.6 Å². The molecule has 51 heavy (non-hydrogen) atoms. The third-order valence-corrected chi connectivity index (χ3v) is 11.3. The maximum Gasteiger partial charge on any atom is 0.410 e. The van der Waals surface area contributed by atoms with Gasteiger partial charge in [0.1, 0.15) is 11.7 Å². The zero-order chi connectivity index (χ0) is 37.2. The fourth-order valence-electron chi connectivity index (χ4n) is 7.80. The fourth-order valence-corrected chi connectivity index (χ4v) is 7.80. The number of esters is 1. The molecule has 0 radical (unpaired) electrons. The number of aliphatic hydroxyl groups is 2. The molecule has 2 saturated heterocycles. The van der Waals surface area contributed by atoms with Gasteiger partial charge < -0.3 is 34.2 Å². The second kappa shape index (κ2) is 18.7. The number of nitrogens with zero attached hydrogens (tertiary/aromatic N) is 3. The zero-order valence-corrected chi connectivity index (χ0v) is 32.1. The van der Waals surface area contributed by atoms with Crippen molar-refractivity contribution in [2.75, 3.05) is 39.3 Å². The number of carbonyl (C=O) groups is 3. The average Bonchev–Trinajstić information content (AvgIpc) is 3.25. The number of hydrogen-bond donors (Lipinski definition) is 2. The lowest BCUT2D eigenvalue weighted by Crippen LogP contribution is -2.53. The molecule has 0 spiro atoms. The molecule has 2 amide bonds. The van der Waals surface area contributed by atoms with Crippen molar-refractivity contribution in [2.45, 2.75) is 148 Å². The number of likely N-dealkylation sites (tertiary alicyclic amines) is 1. The SMILES string of the molecule is C/C(=C\C=C\[C@@H](C)COC(=O)N1CCCC1(C)C)[C@H]1OC(=O)C[C@H](O)CC[C@@](C)(O)[C@@H](OC(=O)N2CCN(C3CCCCCC3)CC2)/C=C\[C@@H]1C. The molecule has 3 fully saturated rings. The van der Waals surface area contributed by atoms with Gasteiger partial charge in [-0.25, -0.2) is 9.59 Å². The number of rotatable bonds is 7. The third kappa shape index (κ3) is 12.1. The van der Waals surface area contributed by atoms with Gasteiger partial charge in [-0.05, 0) is 77.9 Å². The molecule has 11 nitrogen and oxygen atoms in total. The van der Waals surface area contributed by atoms with Gasteiger partial charge in [0.15, 0.2) is 6.10 Å². The molecule has 288 valence electrons. The van der Waals surface area contributed by atoms with Crippen LogP contribution in [0.5, 0.6) is 0 Å². The first kappa shape index (κ1) is 40.9. The van der Waals surface area contributed by atoms with Crippen molar-refractivity contribution < 1.29 is 38.8 Å². The van der Waals surface area contributed by atoms with Crippen molar-refractivity contribution in [2.24, 2.45) is 11.8 Å². The van der Waals surface area contributed by atoms with Gasteiger partial charge in [-0.3, -0.25) is 9.69 Å². The molecule has 11 heteroatoms. The molecule has 2 N–H and O–H groups in total. The summed E-state index contributed by atoms with van der Waals surface area (Å²) in [6, 6.07) is 0.587. The number of carbonyl (C=O) groups excluding carboxylic acids is 3.